The average Bonchev–Trinajstić information content (AvgIpc) is 2.62. The topological polar surface area (TPSA) is 92.4 Å². The van der Waals surface area contributed by atoms with E-state index < -0.39 is 10.0 Å². The van der Waals surface area contributed by atoms with Crippen LogP contribution in [-0.4, -0.2) is 61.8 Å². The molecule has 2 heterocycles. The molecule has 25 heavy (non-hydrogen) atoms. The monoisotopic (exact) mass is 361 g/mol. The number of piperazine rings is 1. The molecular weight excluding hydrogens is 338 g/mol. The van der Waals surface area contributed by atoms with Crippen LogP contribution < -0.4 is 10.0 Å². The first-order valence-electron chi connectivity index (χ1n) is 8.37. The van der Waals surface area contributed by atoms with E-state index in [4.69, 9.17) is 5.14 Å². The summed E-state index contributed by atoms with van der Waals surface area (Å²) in [7, 11) is -3.36. The summed E-state index contributed by atoms with van der Waals surface area (Å²) in [6.07, 6.45) is 2.37. The molecule has 1 aromatic heterocycles. The van der Waals surface area contributed by atoms with E-state index in [1.165, 1.54) is 0 Å². The SMILES string of the molecule is NS(=O)(=O)CCCN1CCN(c2ccnc(-c3ccccc3)n2)CC1. The van der Waals surface area contributed by atoms with Crippen LogP contribution in [0.3, 0.4) is 0 Å². The Hall–Kier alpha value is -2.03. The van der Waals surface area contributed by atoms with Crippen LogP contribution in [0.1, 0.15) is 6.42 Å². The zero-order valence-electron chi connectivity index (χ0n) is 14.1. The van der Waals surface area contributed by atoms with Crippen LogP contribution in [0.4, 0.5) is 5.82 Å². The molecule has 0 atom stereocenters. The van der Waals surface area contributed by atoms with Crippen molar-refractivity contribution in [2.75, 3.05) is 43.4 Å². The highest BCUT2D eigenvalue weighted by Crippen LogP contribution is 2.19. The zero-order chi connectivity index (χ0) is 17.7. The largest absolute Gasteiger partial charge is 0.354 e. The summed E-state index contributed by atoms with van der Waals surface area (Å²) in [4.78, 5) is 13.6. The molecule has 2 aromatic rings. The van der Waals surface area contributed by atoms with Gasteiger partial charge in [-0.1, -0.05) is 30.3 Å². The Morgan fingerprint density at radius 1 is 1.04 bits per heavy atom. The minimum absolute atomic E-state index is 0.0412. The third kappa shape index (κ3) is 5.22. The minimum Gasteiger partial charge on any atom is -0.354 e. The fourth-order valence-corrected chi connectivity index (χ4v) is 3.47. The van der Waals surface area contributed by atoms with Gasteiger partial charge in [-0.25, -0.2) is 23.5 Å². The fourth-order valence-electron chi connectivity index (χ4n) is 2.94. The number of aromatic nitrogens is 2. The van der Waals surface area contributed by atoms with Gasteiger partial charge in [-0.2, -0.15) is 0 Å². The summed E-state index contributed by atoms with van der Waals surface area (Å²) in [5.74, 6) is 1.70. The van der Waals surface area contributed by atoms with Gasteiger partial charge in [-0.3, -0.25) is 4.90 Å². The molecular formula is C17H23N5O2S. The van der Waals surface area contributed by atoms with E-state index in [-0.39, 0.29) is 5.75 Å². The normalized spacial score (nSPS) is 16.1. The number of rotatable bonds is 6. The maximum Gasteiger partial charge on any atom is 0.209 e. The number of nitrogens with zero attached hydrogens (tertiary/aromatic N) is 4. The summed E-state index contributed by atoms with van der Waals surface area (Å²) in [6, 6.07) is 11.9. The van der Waals surface area contributed by atoms with E-state index in [2.05, 4.69) is 19.8 Å². The third-order valence-corrected chi connectivity index (χ3v) is 5.13. The van der Waals surface area contributed by atoms with Gasteiger partial charge in [0.05, 0.1) is 5.75 Å². The average molecular weight is 361 g/mol. The third-order valence-electron chi connectivity index (χ3n) is 4.27. The smallest absolute Gasteiger partial charge is 0.209 e. The van der Waals surface area contributed by atoms with Crippen molar-refractivity contribution in [1.29, 1.82) is 0 Å². The van der Waals surface area contributed by atoms with Crippen molar-refractivity contribution in [1.82, 2.24) is 14.9 Å². The molecule has 3 rings (SSSR count). The second-order valence-electron chi connectivity index (χ2n) is 6.15. The van der Waals surface area contributed by atoms with Gasteiger partial charge < -0.3 is 4.90 Å². The maximum absolute atomic E-state index is 11.0. The first kappa shape index (κ1) is 17.8. The van der Waals surface area contributed by atoms with Gasteiger partial charge in [0, 0.05) is 37.9 Å². The summed E-state index contributed by atoms with van der Waals surface area (Å²) in [5.41, 5.74) is 1.01. The van der Waals surface area contributed by atoms with Gasteiger partial charge in [-0.05, 0) is 19.0 Å². The standard InChI is InChI=1S/C17H23N5O2S/c18-25(23,24)14-4-9-21-10-12-22(13-11-21)16-7-8-19-17(20-16)15-5-2-1-3-6-15/h1-3,5-8H,4,9-14H2,(H2,18,23,24). The lowest BCUT2D eigenvalue weighted by Gasteiger charge is -2.35. The lowest BCUT2D eigenvalue weighted by atomic mass is 10.2. The predicted molar refractivity (Wildman–Crippen MR) is 98.7 cm³/mol. The van der Waals surface area contributed by atoms with Crippen molar-refractivity contribution in [2.24, 2.45) is 5.14 Å². The van der Waals surface area contributed by atoms with Crippen LogP contribution in [0.5, 0.6) is 0 Å². The number of anilines is 1. The Labute approximate surface area is 148 Å². The Morgan fingerprint density at radius 2 is 1.76 bits per heavy atom. The van der Waals surface area contributed by atoms with Gasteiger partial charge in [0.15, 0.2) is 5.82 Å². The fraction of sp³-hybridized carbons (Fsp3) is 0.412. The second kappa shape index (κ2) is 7.90. The second-order valence-corrected chi connectivity index (χ2v) is 7.89. The molecule has 8 heteroatoms. The first-order valence-corrected chi connectivity index (χ1v) is 10.1. The number of benzene rings is 1. The van der Waals surface area contributed by atoms with Crippen molar-refractivity contribution >= 4 is 15.8 Å². The molecule has 0 saturated carbocycles. The highest BCUT2D eigenvalue weighted by atomic mass is 32.2. The summed E-state index contributed by atoms with van der Waals surface area (Å²) in [6.45, 7) is 4.25. The Bertz CT molecular complexity index is 790. The van der Waals surface area contributed by atoms with Gasteiger partial charge in [-0.15, -0.1) is 0 Å². The van der Waals surface area contributed by atoms with E-state index >= 15 is 0 Å². The molecule has 0 aliphatic carbocycles. The number of hydrogen-bond donors (Lipinski definition) is 1. The highest BCUT2D eigenvalue weighted by molar-refractivity contribution is 7.89. The molecule has 1 saturated heterocycles. The van der Waals surface area contributed by atoms with Crippen molar-refractivity contribution in [3.63, 3.8) is 0 Å². The molecule has 1 aromatic carbocycles. The van der Waals surface area contributed by atoms with E-state index in [1.807, 2.05) is 36.4 Å². The Balaban J connectivity index is 1.56. The van der Waals surface area contributed by atoms with E-state index in [0.717, 1.165) is 49.9 Å². The maximum atomic E-state index is 11.0. The minimum atomic E-state index is -3.36. The van der Waals surface area contributed by atoms with E-state index in [9.17, 15) is 8.42 Å². The lowest BCUT2D eigenvalue weighted by Crippen LogP contribution is -2.47. The van der Waals surface area contributed by atoms with Crippen LogP contribution in [0, 0.1) is 0 Å². The molecule has 1 aliphatic heterocycles. The van der Waals surface area contributed by atoms with Gasteiger partial charge >= 0.3 is 0 Å². The summed E-state index contributed by atoms with van der Waals surface area (Å²) < 4.78 is 22.0. The van der Waals surface area contributed by atoms with Crippen LogP contribution in [0.15, 0.2) is 42.6 Å². The first-order chi connectivity index (χ1) is 12.0. The van der Waals surface area contributed by atoms with Crippen molar-refractivity contribution in [3.8, 4) is 11.4 Å². The lowest BCUT2D eigenvalue weighted by molar-refractivity contribution is 0.258. The van der Waals surface area contributed by atoms with Crippen LogP contribution in [0.25, 0.3) is 11.4 Å². The molecule has 0 spiro atoms. The molecule has 0 amide bonds. The molecule has 0 unspecified atom stereocenters. The molecule has 1 aliphatic rings. The number of nitrogens with two attached hydrogens (primary N) is 1. The Morgan fingerprint density at radius 3 is 2.44 bits per heavy atom. The van der Waals surface area contributed by atoms with Gasteiger partial charge in [0.2, 0.25) is 10.0 Å². The number of sulfonamides is 1. The molecule has 134 valence electrons. The van der Waals surface area contributed by atoms with Crippen molar-refractivity contribution in [3.05, 3.63) is 42.6 Å². The zero-order valence-corrected chi connectivity index (χ0v) is 14.9. The number of primary sulfonamides is 1. The Kier molecular flexibility index (Phi) is 5.62. The van der Waals surface area contributed by atoms with Crippen LogP contribution in [-0.2, 0) is 10.0 Å². The molecule has 7 nitrogen and oxygen atoms in total. The summed E-state index contributed by atoms with van der Waals surface area (Å²) >= 11 is 0. The van der Waals surface area contributed by atoms with Crippen molar-refractivity contribution in [2.45, 2.75) is 6.42 Å². The van der Waals surface area contributed by atoms with Gasteiger partial charge in [0.25, 0.3) is 0 Å². The molecule has 0 bridgehead atoms. The predicted octanol–water partition coefficient (Wildman–Crippen LogP) is 0.944. The molecule has 0 radical (unpaired) electrons. The van der Waals surface area contributed by atoms with E-state index in [0.29, 0.717) is 6.42 Å². The molecule has 1 fully saturated rings. The molecule has 2 N–H and O–H groups in total. The summed E-state index contributed by atoms with van der Waals surface area (Å²) in [5, 5.41) is 5.04. The van der Waals surface area contributed by atoms with Crippen LogP contribution in [0.2, 0.25) is 0 Å². The van der Waals surface area contributed by atoms with Crippen LogP contribution >= 0.6 is 0 Å². The van der Waals surface area contributed by atoms with E-state index in [1.54, 1.807) is 6.20 Å². The highest BCUT2D eigenvalue weighted by Gasteiger charge is 2.18. The van der Waals surface area contributed by atoms with Crippen molar-refractivity contribution < 1.29 is 8.42 Å². The van der Waals surface area contributed by atoms with Gasteiger partial charge in [0.1, 0.15) is 5.82 Å². The quantitative estimate of drug-likeness (QED) is 0.823. The number of hydrogen-bond acceptors (Lipinski definition) is 6.